The zero-order valence-electron chi connectivity index (χ0n) is 12.9. The third kappa shape index (κ3) is 2.86. The van der Waals surface area contributed by atoms with Gasteiger partial charge >= 0.3 is 0 Å². The van der Waals surface area contributed by atoms with Crippen LogP contribution >= 0.6 is 0 Å². The molecule has 2 rings (SSSR count). The van der Waals surface area contributed by atoms with Gasteiger partial charge in [-0.15, -0.1) is 0 Å². The molecule has 0 aliphatic heterocycles. The fourth-order valence-electron chi connectivity index (χ4n) is 2.66. The first-order chi connectivity index (χ1) is 9.54. The average Bonchev–Trinajstić information content (AvgIpc) is 2.44. The van der Waals surface area contributed by atoms with E-state index in [1.807, 2.05) is 0 Å². The predicted molar refractivity (Wildman–Crippen MR) is 87.3 cm³/mol. The van der Waals surface area contributed by atoms with Crippen LogP contribution in [0.5, 0.6) is 0 Å². The van der Waals surface area contributed by atoms with Crippen molar-refractivity contribution in [2.45, 2.75) is 26.8 Å². The number of benzene rings is 2. The molecule has 0 aliphatic carbocycles. The molecule has 2 N–H and O–H groups in total. The first kappa shape index (κ1) is 14.6. The summed E-state index contributed by atoms with van der Waals surface area (Å²) in [4.78, 5) is 2.27. The van der Waals surface area contributed by atoms with Gasteiger partial charge in [-0.05, 0) is 55.2 Å². The molecular formula is C18H24N2. The molecule has 0 spiro atoms. The van der Waals surface area contributed by atoms with E-state index >= 15 is 0 Å². The molecule has 0 saturated carbocycles. The van der Waals surface area contributed by atoms with Crippen molar-refractivity contribution in [1.82, 2.24) is 0 Å². The van der Waals surface area contributed by atoms with Crippen LogP contribution in [0.1, 0.15) is 28.3 Å². The van der Waals surface area contributed by atoms with E-state index in [0.717, 1.165) is 0 Å². The standard InChI is InChI=1S/C18H24N2/c1-13-7-5-9-16(11-13)20(4)18(12-19)17-10-6-8-14(2)15(17)3/h5-11,18H,12,19H2,1-4H3. The zero-order valence-corrected chi connectivity index (χ0v) is 12.9. The van der Waals surface area contributed by atoms with Crippen LogP contribution in [0.3, 0.4) is 0 Å². The molecule has 2 aromatic rings. The summed E-state index contributed by atoms with van der Waals surface area (Å²) in [6, 6.07) is 15.2. The van der Waals surface area contributed by atoms with Crippen molar-refractivity contribution >= 4 is 5.69 Å². The Balaban J connectivity index is 2.39. The molecule has 1 atom stereocenters. The van der Waals surface area contributed by atoms with E-state index in [1.54, 1.807) is 0 Å². The number of nitrogens with two attached hydrogens (primary N) is 1. The Morgan fingerprint density at radius 1 is 1.05 bits per heavy atom. The molecular weight excluding hydrogens is 244 g/mol. The summed E-state index contributed by atoms with van der Waals surface area (Å²) >= 11 is 0. The summed E-state index contributed by atoms with van der Waals surface area (Å²) in [5.74, 6) is 0. The highest BCUT2D eigenvalue weighted by molar-refractivity contribution is 5.51. The number of rotatable bonds is 4. The van der Waals surface area contributed by atoms with E-state index in [1.165, 1.54) is 27.9 Å². The molecule has 0 heterocycles. The van der Waals surface area contributed by atoms with Crippen LogP contribution in [0, 0.1) is 20.8 Å². The van der Waals surface area contributed by atoms with Gasteiger partial charge in [-0.2, -0.15) is 0 Å². The molecule has 0 aliphatic rings. The van der Waals surface area contributed by atoms with Crippen LogP contribution < -0.4 is 10.6 Å². The highest BCUT2D eigenvalue weighted by Crippen LogP contribution is 2.28. The van der Waals surface area contributed by atoms with Crippen molar-refractivity contribution in [2.75, 3.05) is 18.5 Å². The number of nitrogens with zero attached hydrogens (tertiary/aromatic N) is 1. The number of hydrogen-bond donors (Lipinski definition) is 1. The SMILES string of the molecule is Cc1cccc(N(C)C(CN)c2cccc(C)c2C)c1. The minimum absolute atomic E-state index is 0.205. The Kier molecular flexibility index (Phi) is 4.46. The molecule has 0 fully saturated rings. The first-order valence-corrected chi connectivity index (χ1v) is 7.10. The quantitative estimate of drug-likeness (QED) is 0.915. The van der Waals surface area contributed by atoms with Crippen LogP contribution in [0.15, 0.2) is 42.5 Å². The van der Waals surface area contributed by atoms with Gasteiger partial charge in [-0.1, -0.05) is 30.3 Å². The van der Waals surface area contributed by atoms with Gasteiger partial charge in [0.1, 0.15) is 0 Å². The van der Waals surface area contributed by atoms with Crippen molar-refractivity contribution in [3.63, 3.8) is 0 Å². The Morgan fingerprint density at radius 3 is 2.40 bits per heavy atom. The van der Waals surface area contributed by atoms with Crippen molar-refractivity contribution in [3.05, 3.63) is 64.7 Å². The normalized spacial score (nSPS) is 12.2. The zero-order chi connectivity index (χ0) is 14.7. The fraction of sp³-hybridized carbons (Fsp3) is 0.333. The molecule has 2 nitrogen and oxygen atoms in total. The second-order valence-corrected chi connectivity index (χ2v) is 5.49. The fourth-order valence-corrected chi connectivity index (χ4v) is 2.66. The van der Waals surface area contributed by atoms with Gasteiger partial charge in [-0.3, -0.25) is 0 Å². The van der Waals surface area contributed by atoms with Crippen LogP contribution in [0.25, 0.3) is 0 Å². The van der Waals surface area contributed by atoms with Crippen molar-refractivity contribution in [2.24, 2.45) is 5.73 Å². The number of hydrogen-bond acceptors (Lipinski definition) is 2. The van der Waals surface area contributed by atoms with Crippen LogP contribution in [0.4, 0.5) is 5.69 Å². The molecule has 2 aromatic carbocycles. The summed E-state index contributed by atoms with van der Waals surface area (Å²) < 4.78 is 0. The second kappa shape index (κ2) is 6.10. The number of aryl methyl sites for hydroxylation is 2. The summed E-state index contributed by atoms with van der Waals surface area (Å²) in [6.45, 7) is 7.05. The Hall–Kier alpha value is -1.80. The largest absolute Gasteiger partial charge is 0.366 e. The van der Waals surface area contributed by atoms with E-state index in [2.05, 4.69) is 75.2 Å². The minimum Gasteiger partial charge on any atom is -0.366 e. The summed E-state index contributed by atoms with van der Waals surface area (Å²) in [5, 5.41) is 0. The number of likely N-dealkylation sites (N-methyl/N-ethyl adjacent to an activating group) is 1. The van der Waals surface area contributed by atoms with Crippen molar-refractivity contribution < 1.29 is 0 Å². The van der Waals surface area contributed by atoms with Crippen LogP contribution in [-0.2, 0) is 0 Å². The molecule has 0 bridgehead atoms. The molecule has 0 amide bonds. The average molecular weight is 268 g/mol. The van der Waals surface area contributed by atoms with Crippen molar-refractivity contribution in [3.8, 4) is 0 Å². The lowest BCUT2D eigenvalue weighted by Gasteiger charge is -2.31. The van der Waals surface area contributed by atoms with E-state index in [4.69, 9.17) is 5.73 Å². The van der Waals surface area contributed by atoms with Gasteiger partial charge in [0.05, 0.1) is 6.04 Å². The molecule has 0 aromatic heterocycles. The maximum atomic E-state index is 6.06. The topological polar surface area (TPSA) is 29.3 Å². The van der Waals surface area contributed by atoms with Gasteiger partial charge in [0.2, 0.25) is 0 Å². The molecule has 0 saturated heterocycles. The first-order valence-electron chi connectivity index (χ1n) is 7.10. The number of anilines is 1. The van der Waals surface area contributed by atoms with Crippen LogP contribution in [0.2, 0.25) is 0 Å². The summed E-state index contributed by atoms with van der Waals surface area (Å²) in [5.41, 5.74) is 12.5. The van der Waals surface area contributed by atoms with E-state index in [9.17, 15) is 0 Å². The van der Waals surface area contributed by atoms with Crippen LogP contribution in [-0.4, -0.2) is 13.6 Å². The molecule has 2 heteroatoms. The smallest absolute Gasteiger partial charge is 0.0664 e. The third-order valence-electron chi connectivity index (χ3n) is 4.11. The van der Waals surface area contributed by atoms with Crippen molar-refractivity contribution in [1.29, 1.82) is 0 Å². The third-order valence-corrected chi connectivity index (χ3v) is 4.11. The summed E-state index contributed by atoms with van der Waals surface area (Å²) in [6.07, 6.45) is 0. The van der Waals surface area contributed by atoms with Gasteiger partial charge < -0.3 is 10.6 Å². The summed E-state index contributed by atoms with van der Waals surface area (Å²) in [7, 11) is 2.12. The molecule has 1 unspecified atom stereocenters. The Labute approximate surface area is 122 Å². The molecule has 106 valence electrons. The highest BCUT2D eigenvalue weighted by atomic mass is 15.1. The van der Waals surface area contributed by atoms with Gasteiger partial charge in [0.15, 0.2) is 0 Å². The lowest BCUT2D eigenvalue weighted by atomic mass is 9.96. The van der Waals surface area contributed by atoms with Gasteiger partial charge in [0.25, 0.3) is 0 Å². The maximum Gasteiger partial charge on any atom is 0.0664 e. The second-order valence-electron chi connectivity index (χ2n) is 5.49. The minimum atomic E-state index is 0.205. The molecule has 0 radical (unpaired) electrons. The lowest BCUT2D eigenvalue weighted by Crippen LogP contribution is -2.31. The van der Waals surface area contributed by atoms with E-state index in [0.29, 0.717) is 6.54 Å². The lowest BCUT2D eigenvalue weighted by molar-refractivity contribution is 0.675. The maximum absolute atomic E-state index is 6.06. The monoisotopic (exact) mass is 268 g/mol. The predicted octanol–water partition coefficient (Wildman–Crippen LogP) is 3.75. The van der Waals surface area contributed by atoms with Gasteiger partial charge in [0, 0.05) is 19.3 Å². The van der Waals surface area contributed by atoms with E-state index in [-0.39, 0.29) is 6.04 Å². The highest BCUT2D eigenvalue weighted by Gasteiger charge is 2.18. The molecule has 20 heavy (non-hydrogen) atoms. The Morgan fingerprint density at radius 2 is 1.75 bits per heavy atom. The Bertz CT molecular complexity index is 590. The van der Waals surface area contributed by atoms with E-state index < -0.39 is 0 Å². The van der Waals surface area contributed by atoms with Gasteiger partial charge in [-0.25, -0.2) is 0 Å².